The number of likely N-dealkylation sites (tertiary alicyclic amines) is 1. The Morgan fingerprint density at radius 3 is 2.95 bits per heavy atom. The van der Waals surface area contributed by atoms with E-state index in [-0.39, 0.29) is 31.3 Å². The summed E-state index contributed by atoms with van der Waals surface area (Å²) in [5.74, 6) is -0.890. The molecule has 2 unspecified atom stereocenters. The van der Waals surface area contributed by atoms with E-state index in [0.29, 0.717) is 6.42 Å². The number of fused-ring (bicyclic) bond motifs is 1. The van der Waals surface area contributed by atoms with Gasteiger partial charge in [-0.2, -0.15) is 5.10 Å². The zero-order chi connectivity index (χ0) is 15.5. The van der Waals surface area contributed by atoms with Gasteiger partial charge in [-0.1, -0.05) is 30.3 Å². The van der Waals surface area contributed by atoms with Crippen LogP contribution >= 0.6 is 0 Å². The number of halogens is 1. The standard InChI is InChI=1S/C15H16FN3O3/c16-12-8-19(7-6-11-13(12)17-18-14(11)20)15(21)22-9-10-4-2-1-3-5-10/h1-5,11-12H,6-9H2,(H,18,20). The summed E-state index contributed by atoms with van der Waals surface area (Å²) in [7, 11) is 0. The van der Waals surface area contributed by atoms with Gasteiger partial charge in [-0.3, -0.25) is 4.79 Å². The highest BCUT2D eigenvalue weighted by Crippen LogP contribution is 2.22. The maximum atomic E-state index is 14.2. The van der Waals surface area contributed by atoms with Crippen molar-refractivity contribution in [1.82, 2.24) is 10.3 Å². The van der Waals surface area contributed by atoms with Gasteiger partial charge in [-0.05, 0) is 12.0 Å². The largest absolute Gasteiger partial charge is 0.445 e. The minimum Gasteiger partial charge on any atom is -0.445 e. The summed E-state index contributed by atoms with van der Waals surface area (Å²) >= 11 is 0. The first kappa shape index (κ1) is 14.5. The van der Waals surface area contributed by atoms with Crippen LogP contribution in [0.1, 0.15) is 12.0 Å². The molecule has 1 aromatic carbocycles. The lowest BCUT2D eigenvalue weighted by molar-refractivity contribution is -0.122. The van der Waals surface area contributed by atoms with Crippen molar-refractivity contribution in [2.45, 2.75) is 19.2 Å². The van der Waals surface area contributed by atoms with Crippen LogP contribution < -0.4 is 5.43 Å². The van der Waals surface area contributed by atoms with Gasteiger partial charge in [0.25, 0.3) is 0 Å². The molecule has 1 saturated heterocycles. The van der Waals surface area contributed by atoms with Gasteiger partial charge >= 0.3 is 6.09 Å². The Morgan fingerprint density at radius 1 is 1.41 bits per heavy atom. The lowest BCUT2D eigenvalue weighted by Crippen LogP contribution is -2.37. The van der Waals surface area contributed by atoms with E-state index in [2.05, 4.69) is 10.5 Å². The van der Waals surface area contributed by atoms with Crippen molar-refractivity contribution in [1.29, 1.82) is 0 Å². The fraction of sp³-hybridized carbons (Fsp3) is 0.400. The van der Waals surface area contributed by atoms with Crippen LogP contribution in [-0.4, -0.2) is 41.9 Å². The molecular weight excluding hydrogens is 289 g/mol. The third kappa shape index (κ3) is 2.93. The summed E-state index contributed by atoms with van der Waals surface area (Å²) in [6, 6.07) is 9.27. The van der Waals surface area contributed by atoms with Gasteiger partial charge in [0.1, 0.15) is 6.61 Å². The van der Waals surface area contributed by atoms with Crippen LogP contribution in [0, 0.1) is 5.92 Å². The molecular formula is C15H16FN3O3. The van der Waals surface area contributed by atoms with E-state index in [0.717, 1.165) is 5.56 Å². The molecule has 1 aromatic rings. The molecule has 1 N–H and O–H groups in total. The third-order valence-electron chi connectivity index (χ3n) is 3.82. The summed E-state index contributed by atoms with van der Waals surface area (Å²) in [5, 5.41) is 3.73. The quantitative estimate of drug-likeness (QED) is 0.899. The second-order valence-electron chi connectivity index (χ2n) is 5.31. The number of carbonyl (C=O) groups excluding carboxylic acids is 2. The average molecular weight is 305 g/mol. The molecule has 7 heteroatoms. The summed E-state index contributed by atoms with van der Waals surface area (Å²) < 4.78 is 19.4. The Bertz CT molecular complexity index is 605. The zero-order valence-electron chi connectivity index (χ0n) is 11.9. The number of hydrazone groups is 1. The van der Waals surface area contributed by atoms with Crippen LogP contribution in [0.5, 0.6) is 0 Å². The number of amides is 2. The van der Waals surface area contributed by atoms with E-state index >= 15 is 0 Å². The summed E-state index contributed by atoms with van der Waals surface area (Å²) in [6.07, 6.45) is -1.67. The fourth-order valence-electron chi connectivity index (χ4n) is 2.62. The van der Waals surface area contributed by atoms with Gasteiger partial charge in [0.2, 0.25) is 5.91 Å². The summed E-state index contributed by atoms with van der Waals surface area (Å²) in [4.78, 5) is 24.9. The van der Waals surface area contributed by atoms with Crippen LogP contribution in [-0.2, 0) is 16.1 Å². The van der Waals surface area contributed by atoms with Gasteiger partial charge in [0.05, 0.1) is 18.2 Å². The molecule has 0 aromatic heterocycles. The predicted octanol–water partition coefficient (Wildman–Crippen LogP) is 1.47. The number of benzene rings is 1. The lowest BCUT2D eigenvalue weighted by Gasteiger charge is -2.20. The van der Waals surface area contributed by atoms with Crippen LogP contribution in [0.3, 0.4) is 0 Å². The number of rotatable bonds is 2. The number of ether oxygens (including phenoxy) is 1. The molecule has 1 fully saturated rings. The Kier molecular flexibility index (Phi) is 4.04. The van der Waals surface area contributed by atoms with Crippen molar-refractivity contribution in [3.63, 3.8) is 0 Å². The summed E-state index contributed by atoms with van der Waals surface area (Å²) in [6.45, 7) is 0.265. The highest BCUT2D eigenvalue weighted by Gasteiger charge is 2.39. The van der Waals surface area contributed by atoms with E-state index in [1.807, 2.05) is 30.3 Å². The van der Waals surface area contributed by atoms with E-state index in [9.17, 15) is 14.0 Å². The van der Waals surface area contributed by atoms with E-state index in [1.165, 1.54) is 4.90 Å². The van der Waals surface area contributed by atoms with Gasteiger partial charge < -0.3 is 9.64 Å². The SMILES string of the molecule is O=C1NN=C2C(F)CN(C(=O)OCc3ccccc3)CCC12. The Hall–Kier alpha value is -2.44. The van der Waals surface area contributed by atoms with Gasteiger partial charge in [-0.15, -0.1) is 0 Å². The smallest absolute Gasteiger partial charge is 0.410 e. The van der Waals surface area contributed by atoms with E-state index < -0.39 is 18.2 Å². The number of hydrogen-bond acceptors (Lipinski definition) is 4. The molecule has 0 spiro atoms. The van der Waals surface area contributed by atoms with E-state index in [4.69, 9.17) is 4.74 Å². The van der Waals surface area contributed by atoms with Crippen molar-refractivity contribution >= 4 is 17.7 Å². The maximum Gasteiger partial charge on any atom is 0.410 e. The summed E-state index contributed by atoms with van der Waals surface area (Å²) in [5.41, 5.74) is 3.33. The molecule has 2 amide bonds. The van der Waals surface area contributed by atoms with Crippen molar-refractivity contribution in [3.05, 3.63) is 35.9 Å². The zero-order valence-corrected chi connectivity index (χ0v) is 11.9. The number of alkyl halides is 1. The predicted molar refractivity (Wildman–Crippen MR) is 76.8 cm³/mol. The molecule has 6 nitrogen and oxygen atoms in total. The number of hydrogen-bond donors (Lipinski definition) is 1. The van der Waals surface area contributed by atoms with Gasteiger partial charge in [0.15, 0.2) is 6.17 Å². The molecule has 0 saturated carbocycles. The topological polar surface area (TPSA) is 71.0 Å². The Morgan fingerprint density at radius 2 is 2.18 bits per heavy atom. The number of carbonyl (C=O) groups is 2. The molecule has 22 heavy (non-hydrogen) atoms. The molecule has 0 bridgehead atoms. The first-order chi connectivity index (χ1) is 10.6. The number of nitrogens with one attached hydrogen (secondary N) is 1. The molecule has 116 valence electrons. The minimum atomic E-state index is -1.45. The van der Waals surface area contributed by atoms with Crippen LogP contribution in [0.15, 0.2) is 35.4 Å². The molecule has 2 aliphatic heterocycles. The lowest BCUT2D eigenvalue weighted by atomic mass is 9.98. The minimum absolute atomic E-state index is 0.137. The van der Waals surface area contributed by atoms with Crippen LogP contribution in [0.2, 0.25) is 0 Å². The molecule has 2 aliphatic rings. The first-order valence-electron chi connectivity index (χ1n) is 7.12. The normalized spacial score (nSPS) is 24.1. The highest BCUT2D eigenvalue weighted by atomic mass is 19.1. The van der Waals surface area contributed by atoms with Gasteiger partial charge in [-0.25, -0.2) is 14.6 Å². The monoisotopic (exact) mass is 305 g/mol. The Balaban J connectivity index is 1.60. The van der Waals surface area contributed by atoms with Crippen molar-refractivity contribution < 1.29 is 18.7 Å². The van der Waals surface area contributed by atoms with Crippen LogP contribution in [0.25, 0.3) is 0 Å². The van der Waals surface area contributed by atoms with Crippen molar-refractivity contribution in [2.75, 3.05) is 13.1 Å². The van der Waals surface area contributed by atoms with Gasteiger partial charge in [0, 0.05) is 6.54 Å². The molecule has 2 heterocycles. The highest BCUT2D eigenvalue weighted by molar-refractivity contribution is 6.10. The molecule has 0 radical (unpaired) electrons. The first-order valence-corrected chi connectivity index (χ1v) is 7.12. The Labute approximate surface area is 126 Å². The van der Waals surface area contributed by atoms with E-state index in [1.54, 1.807) is 0 Å². The second kappa shape index (κ2) is 6.13. The average Bonchev–Trinajstić information content (AvgIpc) is 2.81. The molecule has 0 aliphatic carbocycles. The fourth-order valence-corrected chi connectivity index (χ4v) is 2.62. The maximum absolute atomic E-state index is 14.2. The van der Waals surface area contributed by atoms with Crippen LogP contribution in [0.4, 0.5) is 9.18 Å². The second-order valence-corrected chi connectivity index (χ2v) is 5.31. The number of nitrogens with zero attached hydrogens (tertiary/aromatic N) is 2. The van der Waals surface area contributed by atoms with Crippen molar-refractivity contribution in [2.24, 2.45) is 11.0 Å². The van der Waals surface area contributed by atoms with Crippen molar-refractivity contribution in [3.8, 4) is 0 Å². The molecule has 2 atom stereocenters. The third-order valence-corrected chi connectivity index (χ3v) is 3.82. The molecule has 3 rings (SSSR count).